The second-order valence-corrected chi connectivity index (χ2v) is 37.8. The van der Waals surface area contributed by atoms with Crippen LogP contribution >= 0.6 is 0 Å². The fraction of sp³-hybridized carbons (Fsp3) is 0. The quantitative estimate of drug-likeness (QED) is 0.109. The molecule has 0 spiro atoms. The molecule has 0 radical (unpaired) electrons. The first-order chi connectivity index (χ1) is 71.4. The van der Waals surface area contributed by atoms with Crippen molar-refractivity contribution in [3.63, 3.8) is 0 Å². The molecule has 0 saturated heterocycles. The Labute approximate surface area is 831 Å². The number of rotatable bonds is 12. The van der Waals surface area contributed by atoms with Gasteiger partial charge in [-0.25, -0.2) is 0 Å². The molecule has 24 aromatic carbocycles. The second-order valence-electron chi connectivity index (χ2n) is 37.8. The molecule has 6 nitrogen and oxygen atoms in total. The van der Waals surface area contributed by atoms with Crippen molar-refractivity contribution in [2.24, 2.45) is 0 Å². The third kappa shape index (κ3) is 14.1. The molecule has 0 bridgehead atoms. The number of hydrogen-bond acceptors (Lipinski definition) is 0. The average Bonchev–Trinajstić information content (AvgIpc) is 1.59. The number of hydrogen-bond donors (Lipinski definition) is 0. The summed E-state index contributed by atoms with van der Waals surface area (Å²) in [5, 5.41) is 22.8. The lowest BCUT2D eigenvalue weighted by atomic mass is 9.99. The van der Waals surface area contributed by atoms with Crippen LogP contribution in [0.4, 0.5) is 0 Å². The van der Waals surface area contributed by atoms with E-state index in [0.717, 1.165) is 11.4 Å². The van der Waals surface area contributed by atoms with Crippen molar-refractivity contribution in [2.45, 2.75) is 0 Å². The maximum absolute atomic E-state index is 2.42. The van der Waals surface area contributed by atoms with E-state index < -0.39 is 0 Å². The molecule has 6 heterocycles. The molecule has 6 aromatic heterocycles. The van der Waals surface area contributed by atoms with Crippen LogP contribution < -0.4 is 0 Å². The third-order valence-corrected chi connectivity index (χ3v) is 29.7. The molecular formula is C138H90N6. The van der Waals surface area contributed by atoms with Crippen LogP contribution in [0, 0.1) is 0 Å². The van der Waals surface area contributed by atoms with Crippen LogP contribution in [0.15, 0.2) is 546 Å². The highest BCUT2D eigenvalue weighted by molar-refractivity contribution is 6.18. The van der Waals surface area contributed by atoms with E-state index in [1.807, 2.05) is 0 Å². The molecule has 0 fully saturated rings. The van der Waals surface area contributed by atoms with Crippen LogP contribution in [0.1, 0.15) is 0 Å². The Balaban J connectivity index is 0.000000105. The molecule has 672 valence electrons. The van der Waals surface area contributed by atoms with Crippen molar-refractivity contribution in [3.05, 3.63) is 546 Å². The molecule has 0 amide bonds. The Morgan fingerprint density at radius 3 is 0.625 bits per heavy atom. The van der Waals surface area contributed by atoms with Crippen LogP contribution in [0.5, 0.6) is 0 Å². The maximum Gasteiger partial charge on any atom is 0.0541 e. The number of nitrogens with zero attached hydrogens (tertiary/aromatic N) is 6. The van der Waals surface area contributed by atoms with Gasteiger partial charge in [0.05, 0.1) is 66.2 Å². The van der Waals surface area contributed by atoms with Gasteiger partial charge in [-0.3, -0.25) is 0 Å². The summed E-state index contributed by atoms with van der Waals surface area (Å²) in [6, 6.07) is 199. The van der Waals surface area contributed by atoms with Gasteiger partial charge in [0.15, 0.2) is 0 Å². The molecule has 0 atom stereocenters. The zero-order valence-electron chi connectivity index (χ0n) is 78.6. The SMILES string of the molecule is c1ccc(-c2ccc(-n3c4ccccc4c4cc(-c5ccc6c(c5)c5cc(-c7ccccc7)ccc5n6-c5ccccc5)ccc43)cc2)cc1.c1ccc(-n2c3ccccc3c3cc(-c4ccc5c(c4)c4ccccc4n5-c4ccc(-c5ccc6ccccc6c5)cc4)ccc32)cc1.c1ccc(-n2c3ccccc3c3cc(-c4ccc5c(c4)c4ccccc4n5-c4ccc5c(ccc6ccccc65)c4)ccc32)cc1. The van der Waals surface area contributed by atoms with Gasteiger partial charge < -0.3 is 27.4 Å². The smallest absolute Gasteiger partial charge is 0.0541 e. The minimum Gasteiger partial charge on any atom is -0.309 e. The molecule has 0 saturated carbocycles. The zero-order valence-corrected chi connectivity index (χ0v) is 78.6. The Bertz CT molecular complexity index is 10300. The Hall–Kier alpha value is -19.1. The lowest BCUT2D eigenvalue weighted by Crippen LogP contribution is -1.94. The minimum absolute atomic E-state index is 1.16. The fourth-order valence-electron chi connectivity index (χ4n) is 22.9. The minimum atomic E-state index is 1.16. The molecule has 0 N–H and O–H groups in total. The van der Waals surface area contributed by atoms with E-state index in [1.165, 1.54) is 253 Å². The van der Waals surface area contributed by atoms with Gasteiger partial charge in [0.1, 0.15) is 0 Å². The highest BCUT2D eigenvalue weighted by Crippen LogP contribution is 2.46. The van der Waals surface area contributed by atoms with E-state index in [0.29, 0.717) is 0 Å². The largest absolute Gasteiger partial charge is 0.309 e. The lowest BCUT2D eigenvalue weighted by Gasteiger charge is -2.11. The van der Waals surface area contributed by atoms with Gasteiger partial charge in [0.2, 0.25) is 0 Å². The summed E-state index contributed by atoms with van der Waals surface area (Å²) in [5.74, 6) is 0. The molecule has 6 heteroatoms. The molecule has 30 rings (SSSR count). The van der Waals surface area contributed by atoms with Gasteiger partial charge in [-0.1, -0.05) is 352 Å². The molecule has 30 aromatic rings. The summed E-state index contributed by atoms with van der Waals surface area (Å²) in [5.41, 5.74) is 36.2. The predicted octanol–water partition coefficient (Wildman–Crippen LogP) is 37.1. The zero-order chi connectivity index (χ0) is 94.8. The molecule has 0 unspecified atom stereocenters. The van der Waals surface area contributed by atoms with Gasteiger partial charge in [-0.15, -0.1) is 0 Å². The molecule has 144 heavy (non-hydrogen) atoms. The monoisotopic (exact) mass is 1830 g/mol. The summed E-state index contributed by atoms with van der Waals surface area (Å²) >= 11 is 0. The van der Waals surface area contributed by atoms with Crippen molar-refractivity contribution < 1.29 is 0 Å². The Morgan fingerprint density at radius 1 is 0.0833 bits per heavy atom. The first-order valence-corrected chi connectivity index (χ1v) is 49.6. The predicted molar refractivity (Wildman–Crippen MR) is 610 cm³/mol. The van der Waals surface area contributed by atoms with E-state index in [4.69, 9.17) is 0 Å². The van der Waals surface area contributed by atoms with Crippen LogP contribution in [-0.4, -0.2) is 27.4 Å². The van der Waals surface area contributed by atoms with Crippen LogP contribution in [0.3, 0.4) is 0 Å². The average molecular weight is 1830 g/mol. The van der Waals surface area contributed by atoms with E-state index in [9.17, 15) is 0 Å². The number of aromatic nitrogens is 6. The van der Waals surface area contributed by atoms with Gasteiger partial charge >= 0.3 is 0 Å². The summed E-state index contributed by atoms with van der Waals surface area (Å²) < 4.78 is 14.3. The first kappa shape index (κ1) is 83.1. The first-order valence-electron chi connectivity index (χ1n) is 49.6. The summed E-state index contributed by atoms with van der Waals surface area (Å²) in [7, 11) is 0. The number of fused-ring (bicyclic) bond motifs is 22. The molecular weight excluding hydrogens is 1740 g/mol. The highest BCUT2D eigenvalue weighted by Gasteiger charge is 2.24. The van der Waals surface area contributed by atoms with E-state index >= 15 is 0 Å². The van der Waals surface area contributed by atoms with Crippen molar-refractivity contribution in [2.75, 3.05) is 0 Å². The van der Waals surface area contributed by atoms with Crippen molar-refractivity contribution in [3.8, 4) is 101 Å². The molecule has 0 aliphatic heterocycles. The fourth-order valence-corrected chi connectivity index (χ4v) is 22.9. The Kier molecular flexibility index (Phi) is 19.9. The topological polar surface area (TPSA) is 29.6 Å². The van der Waals surface area contributed by atoms with Gasteiger partial charge in [-0.2, -0.15) is 0 Å². The highest BCUT2D eigenvalue weighted by atomic mass is 15.0. The van der Waals surface area contributed by atoms with Crippen molar-refractivity contribution in [1.29, 1.82) is 0 Å². The van der Waals surface area contributed by atoms with E-state index in [-0.39, 0.29) is 0 Å². The van der Waals surface area contributed by atoms with Gasteiger partial charge in [0.25, 0.3) is 0 Å². The van der Waals surface area contributed by atoms with Gasteiger partial charge in [0, 0.05) is 98.8 Å². The number of para-hydroxylation sites is 8. The number of benzene rings is 24. The van der Waals surface area contributed by atoms with Crippen LogP contribution in [-0.2, 0) is 0 Å². The normalized spacial score (nSPS) is 11.8. The van der Waals surface area contributed by atoms with E-state index in [1.54, 1.807) is 0 Å². The standard InChI is InChI=1S/C48H32N2.C46H30N2.C44H28N2/c1-4-12-33(13-5-1)35-20-25-40(26-21-35)50-45-19-11-10-18-41(45)42-31-37(23-28-46(42)50)38-24-29-48-44(32-38)43-30-36(34-14-6-2-7-15-34)22-27-47(43)49(48)39-16-8-3-9-17-39;1-2-12-37(13-3-1)47-43-16-8-6-14-39(43)41-29-35(22-26-45(41)47)36-23-27-46-42(30-36)40-15-7-9-17-44(40)48(46)38-24-20-32(21-25-38)34-19-18-31-10-4-5-11-33(31)28-34;1-2-11-33(12-3-1)45-41-16-8-6-14-37(41)39-27-30(20-24-43(39)45)31-21-25-44-40(28-31)38-15-7-9-17-42(38)46(44)34-22-23-36-32(26-34)19-18-29-10-4-5-13-35(29)36/h1-32H;1-30H;1-28H. The Morgan fingerprint density at radius 2 is 0.278 bits per heavy atom. The molecule has 0 aliphatic carbocycles. The van der Waals surface area contributed by atoms with Crippen LogP contribution in [0.2, 0.25) is 0 Å². The van der Waals surface area contributed by atoms with Crippen molar-refractivity contribution >= 4 is 163 Å². The van der Waals surface area contributed by atoms with Crippen molar-refractivity contribution in [1.82, 2.24) is 27.4 Å². The van der Waals surface area contributed by atoms with Crippen LogP contribution in [0.25, 0.3) is 264 Å². The lowest BCUT2D eigenvalue weighted by molar-refractivity contribution is 1.18. The summed E-state index contributed by atoms with van der Waals surface area (Å²) in [4.78, 5) is 0. The maximum atomic E-state index is 2.42. The third-order valence-electron chi connectivity index (χ3n) is 29.7. The van der Waals surface area contributed by atoms with E-state index in [2.05, 4.69) is 573 Å². The summed E-state index contributed by atoms with van der Waals surface area (Å²) in [6.45, 7) is 0. The molecule has 0 aliphatic rings. The summed E-state index contributed by atoms with van der Waals surface area (Å²) in [6.07, 6.45) is 0. The second kappa shape index (κ2) is 34.5. The van der Waals surface area contributed by atoms with Gasteiger partial charge in [-0.05, 0) is 293 Å².